The third-order valence-electron chi connectivity index (χ3n) is 4.88. The summed E-state index contributed by atoms with van der Waals surface area (Å²) in [6.45, 7) is 5.12. The fourth-order valence-corrected chi connectivity index (χ4v) is 3.35. The number of rotatable bonds is 4. The molecule has 9 heteroatoms. The van der Waals surface area contributed by atoms with Crippen molar-refractivity contribution < 1.29 is 22.3 Å². The Balaban J connectivity index is 1.66. The Labute approximate surface area is 170 Å². The largest absolute Gasteiger partial charge is 0.471 e. The van der Waals surface area contributed by atoms with Crippen LogP contribution < -0.4 is 4.74 Å². The molecule has 6 nitrogen and oxygen atoms in total. The number of aryl methyl sites for hydroxylation is 4. The quantitative estimate of drug-likeness (QED) is 0.461. The van der Waals surface area contributed by atoms with Gasteiger partial charge in [-0.3, -0.25) is 4.68 Å². The van der Waals surface area contributed by atoms with Crippen LogP contribution in [0, 0.1) is 20.8 Å². The molecule has 156 valence electrons. The summed E-state index contributed by atoms with van der Waals surface area (Å²) in [6, 6.07) is 8.53. The smallest absolute Gasteiger partial charge is 0.417 e. The third kappa shape index (κ3) is 3.51. The second-order valence-electron chi connectivity index (χ2n) is 7.04. The first-order valence-electron chi connectivity index (χ1n) is 9.22. The van der Waals surface area contributed by atoms with E-state index < -0.39 is 11.7 Å². The van der Waals surface area contributed by atoms with Crippen LogP contribution in [0.25, 0.3) is 22.5 Å². The van der Waals surface area contributed by atoms with Gasteiger partial charge in [0.1, 0.15) is 18.1 Å². The van der Waals surface area contributed by atoms with Crippen molar-refractivity contribution >= 4 is 11.0 Å². The molecule has 0 amide bonds. The normalized spacial score (nSPS) is 12.0. The molecule has 30 heavy (non-hydrogen) atoms. The standard InChI is InChI=1S/C21H19F3N4O2/c1-11-7-5-6-8-14(11)20-25-16(13(3)30-20)10-29-17-9-15(21(22,23)24)18-12(2)27-28(4)19(18)26-17/h5-9H,10H2,1-4H3. The first-order valence-corrected chi connectivity index (χ1v) is 9.22. The van der Waals surface area contributed by atoms with Crippen LogP contribution in [-0.2, 0) is 19.8 Å². The molecule has 0 spiro atoms. The molecule has 0 fully saturated rings. The number of ether oxygens (including phenoxy) is 1. The molecule has 0 aliphatic heterocycles. The predicted molar refractivity (Wildman–Crippen MR) is 104 cm³/mol. The van der Waals surface area contributed by atoms with Crippen molar-refractivity contribution in [2.75, 3.05) is 0 Å². The van der Waals surface area contributed by atoms with Gasteiger partial charge in [0.05, 0.1) is 16.6 Å². The van der Waals surface area contributed by atoms with E-state index in [0.29, 0.717) is 17.3 Å². The topological polar surface area (TPSA) is 66.0 Å². The number of oxazole rings is 1. The highest BCUT2D eigenvalue weighted by Crippen LogP contribution is 2.37. The molecule has 0 radical (unpaired) electrons. The van der Waals surface area contributed by atoms with E-state index in [9.17, 15) is 13.2 Å². The van der Waals surface area contributed by atoms with Gasteiger partial charge in [0, 0.05) is 18.7 Å². The summed E-state index contributed by atoms with van der Waals surface area (Å²) < 4.78 is 53.4. The fraction of sp³-hybridized carbons (Fsp3) is 0.286. The maximum atomic E-state index is 13.6. The van der Waals surface area contributed by atoms with E-state index >= 15 is 0 Å². The molecule has 0 aliphatic rings. The predicted octanol–water partition coefficient (Wildman–Crippen LogP) is 5.15. The summed E-state index contributed by atoms with van der Waals surface area (Å²) in [4.78, 5) is 8.67. The van der Waals surface area contributed by atoms with Crippen molar-refractivity contribution in [2.24, 2.45) is 7.05 Å². The highest BCUT2D eigenvalue weighted by Gasteiger charge is 2.35. The van der Waals surface area contributed by atoms with E-state index in [1.54, 1.807) is 14.0 Å². The summed E-state index contributed by atoms with van der Waals surface area (Å²) in [6.07, 6.45) is -4.56. The first kappa shape index (κ1) is 19.9. The number of aromatic nitrogens is 4. The maximum absolute atomic E-state index is 13.6. The molecule has 3 aromatic heterocycles. The molecule has 4 rings (SSSR count). The summed E-state index contributed by atoms with van der Waals surface area (Å²) in [5.41, 5.74) is 1.87. The van der Waals surface area contributed by atoms with Crippen LogP contribution in [0.5, 0.6) is 5.88 Å². The lowest BCUT2D eigenvalue weighted by atomic mass is 10.1. The Morgan fingerprint density at radius 2 is 1.83 bits per heavy atom. The molecule has 0 unspecified atom stereocenters. The minimum Gasteiger partial charge on any atom is -0.471 e. The Morgan fingerprint density at radius 3 is 2.53 bits per heavy atom. The number of fused-ring (bicyclic) bond motifs is 1. The minimum absolute atomic E-state index is 0.0307. The average molecular weight is 416 g/mol. The molecule has 0 atom stereocenters. The zero-order valence-corrected chi connectivity index (χ0v) is 16.8. The van der Waals surface area contributed by atoms with E-state index in [1.165, 1.54) is 11.6 Å². The van der Waals surface area contributed by atoms with Gasteiger partial charge in [-0.05, 0) is 32.4 Å². The lowest BCUT2D eigenvalue weighted by Gasteiger charge is -2.11. The highest BCUT2D eigenvalue weighted by atomic mass is 19.4. The van der Waals surface area contributed by atoms with Crippen LogP contribution >= 0.6 is 0 Å². The monoisotopic (exact) mass is 416 g/mol. The molecule has 0 N–H and O–H groups in total. The Kier molecular flexibility index (Phi) is 4.76. The van der Waals surface area contributed by atoms with Gasteiger partial charge in [0.2, 0.25) is 11.8 Å². The van der Waals surface area contributed by atoms with Crippen molar-refractivity contribution in [1.82, 2.24) is 19.7 Å². The van der Waals surface area contributed by atoms with Crippen LogP contribution in [-0.4, -0.2) is 19.7 Å². The molecule has 0 aliphatic carbocycles. The zero-order chi connectivity index (χ0) is 21.6. The Hall–Kier alpha value is -3.36. The SMILES string of the molecule is Cc1ccccc1-c1nc(COc2cc(C(F)(F)F)c3c(C)nn(C)c3n2)c(C)o1. The molecular weight excluding hydrogens is 397 g/mol. The molecule has 0 saturated heterocycles. The van der Waals surface area contributed by atoms with Gasteiger partial charge in [0.25, 0.3) is 0 Å². The van der Waals surface area contributed by atoms with Crippen molar-refractivity contribution in [1.29, 1.82) is 0 Å². The number of hydrogen-bond donors (Lipinski definition) is 0. The van der Waals surface area contributed by atoms with Crippen molar-refractivity contribution in [2.45, 2.75) is 33.6 Å². The van der Waals surface area contributed by atoms with E-state index in [1.807, 2.05) is 31.2 Å². The second-order valence-corrected chi connectivity index (χ2v) is 7.04. The van der Waals surface area contributed by atoms with Crippen LogP contribution in [0.15, 0.2) is 34.7 Å². The molecular formula is C21H19F3N4O2. The van der Waals surface area contributed by atoms with Gasteiger partial charge < -0.3 is 9.15 Å². The second kappa shape index (κ2) is 7.16. The Morgan fingerprint density at radius 1 is 1.10 bits per heavy atom. The summed E-state index contributed by atoms with van der Waals surface area (Å²) in [7, 11) is 1.54. The molecule has 3 heterocycles. The van der Waals surface area contributed by atoms with Gasteiger partial charge in [-0.25, -0.2) is 4.98 Å². The molecule has 4 aromatic rings. The van der Waals surface area contributed by atoms with E-state index in [2.05, 4.69) is 15.1 Å². The molecule has 0 bridgehead atoms. The maximum Gasteiger partial charge on any atom is 0.417 e. The van der Waals surface area contributed by atoms with Crippen molar-refractivity contribution in [3.8, 4) is 17.3 Å². The number of alkyl halides is 3. The summed E-state index contributed by atoms with van der Waals surface area (Å²) in [5.74, 6) is 0.810. The zero-order valence-electron chi connectivity index (χ0n) is 16.8. The lowest BCUT2D eigenvalue weighted by Crippen LogP contribution is -2.09. The van der Waals surface area contributed by atoms with Crippen LogP contribution in [0.3, 0.4) is 0 Å². The third-order valence-corrected chi connectivity index (χ3v) is 4.88. The first-order chi connectivity index (χ1) is 14.1. The van der Waals surface area contributed by atoms with Crippen molar-refractivity contribution in [3.63, 3.8) is 0 Å². The lowest BCUT2D eigenvalue weighted by molar-refractivity contribution is -0.136. The van der Waals surface area contributed by atoms with E-state index in [4.69, 9.17) is 9.15 Å². The molecule has 1 aromatic carbocycles. The number of benzene rings is 1. The Bertz CT molecular complexity index is 1240. The van der Waals surface area contributed by atoms with Crippen LogP contribution in [0.2, 0.25) is 0 Å². The van der Waals surface area contributed by atoms with Crippen molar-refractivity contribution in [3.05, 3.63) is 58.6 Å². The van der Waals surface area contributed by atoms with Crippen LogP contribution in [0.1, 0.15) is 28.3 Å². The number of halogens is 3. The van der Waals surface area contributed by atoms with Gasteiger partial charge in [-0.15, -0.1) is 0 Å². The van der Waals surface area contributed by atoms with Crippen LogP contribution in [0.4, 0.5) is 13.2 Å². The molecule has 0 saturated carbocycles. The number of nitrogens with zero attached hydrogens (tertiary/aromatic N) is 4. The van der Waals surface area contributed by atoms with Gasteiger partial charge >= 0.3 is 6.18 Å². The fourth-order valence-electron chi connectivity index (χ4n) is 3.35. The van der Waals surface area contributed by atoms with E-state index in [0.717, 1.165) is 17.2 Å². The number of pyridine rings is 1. The highest BCUT2D eigenvalue weighted by molar-refractivity contribution is 5.83. The van der Waals surface area contributed by atoms with E-state index in [-0.39, 0.29) is 29.2 Å². The average Bonchev–Trinajstić information content (AvgIpc) is 3.18. The van der Waals surface area contributed by atoms with Gasteiger partial charge in [-0.2, -0.15) is 23.3 Å². The number of hydrogen-bond acceptors (Lipinski definition) is 5. The van der Waals surface area contributed by atoms with Gasteiger partial charge in [0.15, 0.2) is 5.65 Å². The minimum atomic E-state index is -4.56. The van der Waals surface area contributed by atoms with Gasteiger partial charge in [-0.1, -0.05) is 18.2 Å². The summed E-state index contributed by atoms with van der Waals surface area (Å²) in [5, 5.41) is 4.02. The summed E-state index contributed by atoms with van der Waals surface area (Å²) >= 11 is 0.